The van der Waals surface area contributed by atoms with Crippen molar-refractivity contribution < 1.29 is 17.9 Å². The van der Waals surface area contributed by atoms with Crippen LogP contribution in [-0.4, -0.2) is 25.6 Å². The van der Waals surface area contributed by atoms with Gasteiger partial charge in [0.15, 0.2) is 0 Å². The number of nitrogens with zero attached hydrogens (tertiary/aromatic N) is 1. The summed E-state index contributed by atoms with van der Waals surface area (Å²) in [6.45, 7) is 1.20. The molecule has 5 heteroatoms. The summed E-state index contributed by atoms with van der Waals surface area (Å²) in [7, 11) is 0. The van der Waals surface area contributed by atoms with Gasteiger partial charge in [-0.3, -0.25) is 4.74 Å². The number of piperidine rings is 1. The number of alkyl halides is 3. The first kappa shape index (κ1) is 12.2. The molecule has 2 nitrogen and oxygen atoms in total. The van der Waals surface area contributed by atoms with Crippen LogP contribution in [0.4, 0.5) is 18.9 Å². The highest BCUT2D eigenvalue weighted by atomic mass is 19.4. The van der Waals surface area contributed by atoms with Crippen LogP contribution in [0, 0.1) is 0 Å². The molecule has 1 heterocycles. The third-order valence-electron chi connectivity index (χ3n) is 2.86. The van der Waals surface area contributed by atoms with Crippen molar-refractivity contribution in [3.8, 4) is 0 Å². The van der Waals surface area contributed by atoms with E-state index in [1.54, 1.807) is 0 Å². The van der Waals surface area contributed by atoms with Crippen molar-refractivity contribution in [3.63, 3.8) is 0 Å². The smallest absolute Gasteiger partial charge is 0.371 e. The van der Waals surface area contributed by atoms with Crippen LogP contribution in [0.25, 0.3) is 0 Å². The maximum Gasteiger partial charge on any atom is 0.522 e. The van der Waals surface area contributed by atoms with Crippen LogP contribution in [0.15, 0.2) is 30.3 Å². The van der Waals surface area contributed by atoms with E-state index in [9.17, 15) is 13.2 Å². The number of para-hydroxylation sites is 1. The SMILES string of the molecule is FC(F)(F)OC1CCN(c2ccccc2)CC1. The molecule has 94 valence electrons. The zero-order valence-electron chi connectivity index (χ0n) is 9.28. The molecule has 0 spiro atoms. The van der Waals surface area contributed by atoms with E-state index < -0.39 is 12.5 Å². The Morgan fingerprint density at radius 1 is 1.06 bits per heavy atom. The standard InChI is InChI=1S/C12H14F3NO/c13-12(14,15)17-11-6-8-16(9-7-11)10-4-2-1-3-5-10/h1-5,11H,6-9H2. The Kier molecular flexibility index (Phi) is 3.57. The summed E-state index contributed by atoms with van der Waals surface area (Å²) in [6.07, 6.45) is -4.39. The lowest BCUT2D eigenvalue weighted by atomic mass is 10.1. The van der Waals surface area contributed by atoms with E-state index in [1.165, 1.54) is 0 Å². The van der Waals surface area contributed by atoms with Crippen LogP contribution >= 0.6 is 0 Å². The Balaban J connectivity index is 1.86. The number of ether oxygens (including phenoxy) is 1. The van der Waals surface area contributed by atoms with Crippen LogP contribution in [0.2, 0.25) is 0 Å². The Hall–Kier alpha value is -1.23. The van der Waals surface area contributed by atoms with Gasteiger partial charge in [-0.15, -0.1) is 13.2 Å². The van der Waals surface area contributed by atoms with E-state index in [2.05, 4.69) is 9.64 Å². The van der Waals surface area contributed by atoms with E-state index >= 15 is 0 Å². The Morgan fingerprint density at radius 2 is 1.65 bits per heavy atom. The van der Waals surface area contributed by atoms with E-state index in [4.69, 9.17) is 0 Å². The highest BCUT2D eigenvalue weighted by molar-refractivity contribution is 5.46. The summed E-state index contributed by atoms with van der Waals surface area (Å²) in [4.78, 5) is 2.08. The Morgan fingerprint density at radius 3 is 2.18 bits per heavy atom. The predicted molar refractivity (Wildman–Crippen MR) is 58.8 cm³/mol. The second kappa shape index (κ2) is 4.96. The number of benzene rings is 1. The summed E-state index contributed by atoms with van der Waals surface area (Å²) in [5.41, 5.74) is 1.05. The van der Waals surface area contributed by atoms with Crippen molar-refractivity contribution in [1.82, 2.24) is 0 Å². The van der Waals surface area contributed by atoms with Gasteiger partial charge in [0, 0.05) is 18.8 Å². The molecule has 0 atom stereocenters. The summed E-state index contributed by atoms with van der Waals surface area (Å²) >= 11 is 0. The first-order valence-corrected chi connectivity index (χ1v) is 5.59. The number of halogens is 3. The van der Waals surface area contributed by atoms with Gasteiger partial charge in [-0.2, -0.15) is 0 Å². The van der Waals surface area contributed by atoms with Gasteiger partial charge < -0.3 is 4.90 Å². The minimum Gasteiger partial charge on any atom is -0.371 e. The average Bonchev–Trinajstić information content (AvgIpc) is 2.29. The highest BCUT2D eigenvalue weighted by Crippen LogP contribution is 2.26. The molecule has 1 aromatic carbocycles. The molecule has 0 aliphatic carbocycles. The van der Waals surface area contributed by atoms with Gasteiger partial charge in [0.05, 0.1) is 6.10 Å². The molecule has 0 bridgehead atoms. The van der Waals surface area contributed by atoms with E-state index in [0.717, 1.165) is 5.69 Å². The highest BCUT2D eigenvalue weighted by Gasteiger charge is 2.34. The van der Waals surface area contributed by atoms with Crippen LogP contribution in [0.3, 0.4) is 0 Å². The Bertz CT molecular complexity index is 345. The van der Waals surface area contributed by atoms with Gasteiger partial charge in [0.25, 0.3) is 0 Å². The fourth-order valence-electron chi connectivity index (χ4n) is 2.06. The minimum absolute atomic E-state index is 0.411. The molecule has 0 amide bonds. The zero-order chi connectivity index (χ0) is 12.3. The van der Waals surface area contributed by atoms with Gasteiger partial charge in [-0.05, 0) is 25.0 Å². The van der Waals surface area contributed by atoms with E-state index in [0.29, 0.717) is 25.9 Å². The lowest BCUT2D eigenvalue weighted by Gasteiger charge is -2.33. The minimum atomic E-state index is -4.51. The van der Waals surface area contributed by atoms with Crippen LogP contribution in [0.1, 0.15) is 12.8 Å². The van der Waals surface area contributed by atoms with Crippen molar-refractivity contribution >= 4 is 5.69 Å². The number of rotatable bonds is 2. The molecule has 0 unspecified atom stereocenters. The topological polar surface area (TPSA) is 12.5 Å². The second-order valence-corrected chi connectivity index (χ2v) is 4.09. The number of anilines is 1. The van der Waals surface area contributed by atoms with Gasteiger partial charge in [-0.25, -0.2) is 0 Å². The van der Waals surface area contributed by atoms with E-state index in [-0.39, 0.29) is 0 Å². The molecule has 0 aromatic heterocycles. The molecule has 17 heavy (non-hydrogen) atoms. The van der Waals surface area contributed by atoms with Gasteiger partial charge in [-0.1, -0.05) is 18.2 Å². The van der Waals surface area contributed by atoms with Crippen LogP contribution < -0.4 is 4.90 Å². The molecule has 1 saturated heterocycles. The molecular weight excluding hydrogens is 231 g/mol. The quantitative estimate of drug-likeness (QED) is 0.793. The lowest BCUT2D eigenvalue weighted by Crippen LogP contribution is -2.39. The number of hydrogen-bond donors (Lipinski definition) is 0. The van der Waals surface area contributed by atoms with Gasteiger partial charge >= 0.3 is 6.36 Å². The largest absolute Gasteiger partial charge is 0.522 e. The average molecular weight is 245 g/mol. The summed E-state index contributed by atoms with van der Waals surface area (Å²) in [6, 6.07) is 9.69. The summed E-state index contributed by atoms with van der Waals surface area (Å²) in [5, 5.41) is 0. The number of hydrogen-bond acceptors (Lipinski definition) is 2. The molecular formula is C12H14F3NO. The van der Waals surface area contributed by atoms with Crippen molar-refractivity contribution in [1.29, 1.82) is 0 Å². The third-order valence-corrected chi connectivity index (χ3v) is 2.86. The molecule has 1 aromatic rings. The van der Waals surface area contributed by atoms with Gasteiger partial charge in [0.2, 0.25) is 0 Å². The molecule has 2 rings (SSSR count). The maximum absolute atomic E-state index is 12.0. The first-order chi connectivity index (χ1) is 8.04. The summed E-state index contributed by atoms with van der Waals surface area (Å²) < 4.78 is 40.1. The van der Waals surface area contributed by atoms with Gasteiger partial charge in [0.1, 0.15) is 0 Å². The van der Waals surface area contributed by atoms with Crippen molar-refractivity contribution in [2.24, 2.45) is 0 Å². The van der Waals surface area contributed by atoms with Crippen LogP contribution in [-0.2, 0) is 4.74 Å². The molecule has 0 radical (unpaired) electrons. The molecule has 1 fully saturated rings. The van der Waals surface area contributed by atoms with Crippen LogP contribution in [0.5, 0.6) is 0 Å². The normalized spacial score (nSPS) is 18.4. The molecule has 0 N–H and O–H groups in total. The fraction of sp³-hybridized carbons (Fsp3) is 0.500. The van der Waals surface area contributed by atoms with Crippen molar-refractivity contribution in [3.05, 3.63) is 30.3 Å². The third kappa shape index (κ3) is 3.63. The predicted octanol–water partition coefficient (Wildman–Crippen LogP) is 3.19. The van der Waals surface area contributed by atoms with E-state index in [1.807, 2.05) is 30.3 Å². The second-order valence-electron chi connectivity index (χ2n) is 4.09. The lowest BCUT2D eigenvalue weighted by molar-refractivity contribution is -0.344. The molecule has 0 saturated carbocycles. The maximum atomic E-state index is 12.0. The molecule has 1 aliphatic rings. The monoisotopic (exact) mass is 245 g/mol. The zero-order valence-corrected chi connectivity index (χ0v) is 9.28. The first-order valence-electron chi connectivity index (χ1n) is 5.59. The molecule has 1 aliphatic heterocycles. The van der Waals surface area contributed by atoms with Crippen molar-refractivity contribution in [2.45, 2.75) is 25.3 Å². The van der Waals surface area contributed by atoms with Crippen molar-refractivity contribution in [2.75, 3.05) is 18.0 Å². The Labute approximate surface area is 98.0 Å². The summed E-state index contributed by atoms with van der Waals surface area (Å²) in [5.74, 6) is 0. The fourth-order valence-corrected chi connectivity index (χ4v) is 2.06.